The van der Waals surface area contributed by atoms with Crippen LogP contribution in [0.3, 0.4) is 0 Å². The summed E-state index contributed by atoms with van der Waals surface area (Å²) in [6, 6.07) is 9.27. The quantitative estimate of drug-likeness (QED) is 0.371. The minimum absolute atomic E-state index is 0.00233. The van der Waals surface area contributed by atoms with Crippen LogP contribution in [0.25, 0.3) is 0 Å². The summed E-state index contributed by atoms with van der Waals surface area (Å²) in [6.07, 6.45) is 2.98. The molecule has 0 aliphatic rings. The largest absolute Gasteiger partial charge is 0.493 e. The Hall–Kier alpha value is -3.34. The number of halogens is 1. The molecule has 0 aromatic heterocycles. The molecule has 11 heteroatoms. The molecule has 0 bridgehead atoms. The molecule has 1 N–H and O–H groups in total. The average Bonchev–Trinajstić information content (AvgIpc) is 2.87. The average molecular weight is 538 g/mol. The number of unbranched alkanes of at least 4 members (excludes halogenated alkanes) is 1. The molecule has 2 rings (SSSR count). The Labute approximate surface area is 218 Å². The van der Waals surface area contributed by atoms with E-state index < -0.39 is 34.3 Å². The molecule has 37 heavy (non-hydrogen) atoms. The predicted molar refractivity (Wildman–Crippen MR) is 141 cm³/mol. The van der Waals surface area contributed by atoms with Crippen molar-refractivity contribution in [3.05, 3.63) is 53.8 Å². The van der Waals surface area contributed by atoms with Crippen LogP contribution in [0.4, 0.5) is 10.1 Å². The van der Waals surface area contributed by atoms with Gasteiger partial charge in [0.1, 0.15) is 18.4 Å². The van der Waals surface area contributed by atoms with E-state index >= 15 is 0 Å². The van der Waals surface area contributed by atoms with Crippen molar-refractivity contribution in [2.24, 2.45) is 0 Å². The molecule has 0 heterocycles. The lowest BCUT2D eigenvalue weighted by Crippen LogP contribution is -2.52. The highest BCUT2D eigenvalue weighted by Crippen LogP contribution is 2.32. The number of nitrogens with zero attached hydrogens (tertiary/aromatic N) is 2. The van der Waals surface area contributed by atoms with Gasteiger partial charge in [0.15, 0.2) is 11.5 Å². The summed E-state index contributed by atoms with van der Waals surface area (Å²) in [5.74, 6) is -0.641. The van der Waals surface area contributed by atoms with Crippen molar-refractivity contribution in [3.8, 4) is 11.5 Å². The second-order valence-electron chi connectivity index (χ2n) is 8.53. The van der Waals surface area contributed by atoms with Gasteiger partial charge in [-0.25, -0.2) is 12.8 Å². The van der Waals surface area contributed by atoms with Crippen LogP contribution in [0.2, 0.25) is 0 Å². The zero-order valence-electron chi connectivity index (χ0n) is 22.0. The first-order chi connectivity index (χ1) is 17.5. The van der Waals surface area contributed by atoms with Crippen molar-refractivity contribution in [2.75, 3.05) is 37.9 Å². The van der Waals surface area contributed by atoms with Crippen molar-refractivity contribution >= 4 is 27.5 Å². The van der Waals surface area contributed by atoms with E-state index in [9.17, 15) is 22.4 Å². The Morgan fingerprint density at radius 1 is 1.03 bits per heavy atom. The highest BCUT2D eigenvalue weighted by Gasteiger charge is 2.32. The van der Waals surface area contributed by atoms with Gasteiger partial charge in [-0.2, -0.15) is 0 Å². The Bertz CT molecular complexity index is 1160. The molecule has 2 amide bonds. The number of carbonyl (C=O) groups excluding carboxylic acids is 2. The molecule has 0 aliphatic heterocycles. The van der Waals surface area contributed by atoms with Gasteiger partial charge >= 0.3 is 0 Å². The van der Waals surface area contributed by atoms with Crippen LogP contribution in [0.1, 0.15) is 38.7 Å². The number of methoxy groups -OCH3 is 2. The first kappa shape index (κ1) is 29.9. The predicted octanol–water partition coefficient (Wildman–Crippen LogP) is 3.33. The molecular formula is C26H36FN3O6S. The third-order valence-corrected chi connectivity index (χ3v) is 6.96. The second-order valence-corrected chi connectivity index (χ2v) is 10.4. The van der Waals surface area contributed by atoms with Gasteiger partial charge in [-0.15, -0.1) is 0 Å². The van der Waals surface area contributed by atoms with Gasteiger partial charge in [0.25, 0.3) is 0 Å². The Morgan fingerprint density at radius 2 is 1.68 bits per heavy atom. The molecule has 0 fully saturated rings. The summed E-state index contributed by atoms with van der Waals surface area (Å²) in [7, 11) is -1.02. The number of rotatable bonds is 14. The third kappa shape index (κ3) is 8.34. The smallest absolute Gasteiger partial charge is 0.244 e. The fourth-order valence-electron chi connectivity index (χ4n) is 3.81. The van der Waals surface area contributed by atoms with E-state index in [4.69, 9.17) is 9.47 Å². The van der Waals surface area contributed by atoms with Crippen molar-refractivity contribution in [3.63, 3.8) is 0 Å². The topological polar surface area (TPSA) is 105 Å². The van der Waals surface area contributed by atoms with Gasteiger partial charge in [-0.3, -0.25) is 13.9 Å². The maximum absolute atomic E-state index is 13.7. The van der Waals surface area contributed by atoms with E-state index in [-0.39, 0.29) is 18.1 Å². The number of nitrogens with one attached hydrogen (secondary N) is 1. The monoisotopic (exact) mass is 537 g/mol. The maximum atomic E-state index is 13.7. The van der Waals surface area contributed by atoms with Crippen LogP contribution in [0.15, 0.2) is 42.5 Å². The number of anilines is 1. The number of hydrogen-bond donors (Lipinski definition) is 1. The summed E-state index contributed by atoms with van der Waals surface area (Å²) < 4.78 is 50.4. The van der Waals surface area contributed by atoms with Crippen molar-refractivity contribution < 1.29 is 31.9 Å². The van der Waals surface area contributed by atoms with Gasteiger partial charge in [0.2, 0.25) is 21.8 Å². The molecule has 2 aromatic rings. The van der Waals surface area contributed by atoms with Crippen LogP contribution in [0, 0.1) is 5.82 Å². The van der Waals surface area contributed by atoms with Crippen molar-refractivity contribution in [2.45, 2.75) is 45.7 Å². The Balaban J connectivity index is 2.44. The van der Waals surface area contributed by atoms with E-state index in [0.717, 1.165) is 23.4 Å². The van der Waals surface area contributed by atoms with Gasteiger partial charge in [0, 0.05) is 19.2 Å². The Morgan fingerprint density at radius 3 is 2.22 bits per heavy atom. The minimum Gasteiger partial charge on any atom is -0.493 e. The summed E-state index contributed by atoms with van der Waals surface area (Å²) in [5, 5.41) is 2.85. The number of ether oxygens (including phenoxy) is 2. The number of hydrogen-bond acceptors (Lipinski definition) is 6. The summed E-state index contributed by atoms with van der Waals surface area (Å²) in [5.41, 5.74) is 0.808. The van der Waals surface area contributed by atoms with E-state index in [1.165, 1.54) is 55.5 Å². The van der Waals surface area contributed by atoms with Crippen LogP contribution >= 0.6 is 0 Å². The summed E-state index contributed by atoms with van der Waals surface area (Å²) in [4.78, 5) is 28.0. The lowest BCUT2D eigenvalue weighted by Gasteiger charge is -2.33. The van der Waals surface area contributed by atoms with Gasteiger partial charge in [-0.05, 0) is 42.7 Å². The van der Waals surface area contributed by atoms with Crippen molar-refractivity contribution in [1.29, 1.82) is 0 Å². The van der Waals surface area contributed by atoms with E-state index in [0.29, 0.717) is 30.0 Å². The molecule has 204 valence electrons. The lowest BCUT2D eigenvalue weighted by atomic mass is 10.1. The van der Waals surface area contributed by atoms with E-state index in [1.54, 1.807) is 13.0 Å². The number of benzene rings is 2. The van der Waals surface area contributed by atoms with Crippen LogP contribution in [0.5, 0.6) is 11.5 Å². The maximum Gasteiger partial charge on any atom is 0.244 e. The molecule has 9 nitrogen and oxygen atoms in total. The molecule has 0 unspecified atom stereocenters. The van der Waals surface area contributed by atoms with Gasteiger partial charge in [-0.1, -0.05) is 32.4 Å². The molecule has 0 saturated carbocycles. The van der Waals surface area contributed by atoms with Gasteiger partial charge in [0.05, 0.1) is 26.2 Å². The normalized spacial score (nSPS) is 11.9. The first-order valence-corrected chi connectivity index (χ1v) is 13.9. The molecule has 0 saturated heterocycles. The van der Waals surface area contributed by atoms with Crippen LogP contribution < -0.4 is 19.1 Å². The highest BCUT2D eigenvalue weighted by molar-refractivity contribution is 7.92. The molecule has 2 aromatic carbocycles. The summed E-state index contributed by atoms with van der Waals surface area (Å²) >= 11 is 0. The fourth-order valence-corrected chi connectivity index (χ4v) is 4.65. The highest BCUT2D eigenvalue weighted by atomic mass is 32.2. The van der Waals surface area contributed by atoms with E-state index in [2.05, 4.69) is 5.32 Å². The molecule has 0 spiro atoms. The summed E-state index contributed by atoms with van der Waals surface area (Å²) in [6.45, 7) is 3.70. The zero-order chi connectivity index (χ0) is 27.6. The molecule has 0 aliphatic carbocycles. The third-order valence-electron chi connectivity index (χ3n) is 5.82. The first-order valence-electron chi connectivity index (χ1n) is 12.1. The minimum atomic E-state index is -3.90. The number of amides is 2. The van der Waals surface area contributed by atoms with Crippen molar-refractivity contribution in [1.82, 2.24) is 10.2 Å². The molecule has 0 radical (unpaired) electrons. The van der Waals surface area contributed by atoms with Crippen LogP contribution in [-0.4, -0.2) is 64.7 Å². The van der Waals surface area contributed by atoms with E-state index in [1.807, 2.05) is 6.92 Å². The number of carbonyl (C=O) groups is 2. The zero-order valence-corrected chi connectivity index (χ0v) is 22.8. The second kappa shape index (κ2) is 13.8. The fraction of sp³-hybridized carbons (Fsp3) is 0.462. The standard InChI is InChI=1S/C26H36FN3O6S/c1-6-8-15-28-26(32)22(7-2)29(17-19-9-11-20(27)12-10-19)25(31)18-30(37(5,33)34)21-13-14-23(35-3)24(16-21)36-4/h9-14,16,22H,6-8,15,17-18H2,1-5H3,(H,28,32)/t22-/m1/s1. The van der Waals surface area contributed by atoms with Gasteiger partial charge < -0.3 is 19.7 Å². The SMILES string of the molecule is CCCCNC(=O)[C@@H](CC)N(Cc1ccc(F)cc1)C(=O)CN(c1ccc(OC)c(OC)c1)S(C)(=O)=O. The molecule has 1 atom stereocenters. The number of sulfonamides is 1. The lowest BCUT2D eigenvalue weighted by molar-refractivity contribution is -0.140. The molecular weight excluding hydrogens is 501 g/mol. The van der Waals surface area contributed by atoms with Crippen LogP contribution in [-0.2, 0) is 26.2 Å². The Kier molecular flexibility index (Phi) is 11.2.